The van der Waals surface area contributed by atoms with E-state index in [1.165, 1.54) is 0 Å². The van der Waals surface area contributed by atoms with E-state index in [9.17, 15) is 0 Å². The lowest BCUT2D eigenvalue weighted by Crippen LogP contribution is -2.04. The fraction of sp³-hybridized carbons (Fsp3) is 0.154. The Morgan fingerprint density at radius 3 is 3.06 bits per heavy atom. The number of hydrogen-bond donors (Lipinski definition) is 1. The van der Waals surface area contributed by atoms with E-state index in [1.807, 2.05) is 43.7 Å². The first kappa shape index (κ1) is 9.96. The van der Waals surface area contributed by atoms with E-state index in [0.717, 1.165) is 28.1 Å². The highest BCUT2D eigenvalue weighted by Gasteiger charge is 2.16. The molecule has 2 heterocycles. The summed E-state index contributed by atoms with van der Waals surface area (Å²) in [5.41, 5.74) is 9.71. The summed E-state index contributed by atoms with van der Waals surface area (Å²) in [6.45, 7) is 0.587. The first-order chi connectivity index (χ1) is 8.25. The molecule has 1 aromatic carbocycles. The quantitative estimate of drug-likeness (QED) is 0.759. The van der Waals surface area contributed by atoms with Gasteiger partial charge in [0.15, 0.2) is 0 Å². The number of rotatable bonds is 1. The lowest BCUT2D eigenvalue weighted by Gasteiger charge is -2.17. The lowest BCUT2D eigenvalue weighted by atomic mass is 10.0. The number of hydrogen-bond acceptors (Lipinski definition) is 3. The Kier molecular flexibility index (Phi) is 2.14. The van der Waals surface area contributed by atoms with Crippen LogP contribution < -0.4 is 10.5 Å². The van der Waals surface area contributed by atoms with Crippen LogP contribution in [-0.4, -0.2) is 16.4 Å². The van der Waals surface area contributed by atoms with Gasteiger partial charge in [-0.1, -0.05) is 0 Å². The summed E-state index contributed by atoms with van der Waals surface area (Å²) in [7, 11) is 1.90. The third kappa shape index (κ3) is 1.58. The van der Waals surface area contributed by atoms with Gasteiger partial charge >= 0.3 is 0 Å². The highest BCUT2D eigenvalue weighted by atomic mass is 16.5. The number of aromatic nitrogens is 2. The minimum atomic E-state index is 0.587. The zero-order valence-electron chi connectivity index (χ0n) is 9.55. The average Bonchev–Trinajstić information content (AvgIpc) is 2.77. The number of nitrogens with zero attached hydrogens (tertiary/aromatic N) is 2. The smallest absolute Gasteiger partial charge is 0.136 e. The molecule has 0 bridgehead atoms. The molecule has 0 atom stereocenters. The maximum Gasteiger partial charge on any atom is 0.136 e. The van der Waals surface area contributed by atoms with Crippen LogP contribution in [0.3, 0.4) is 0 Å². The molecular formula is C13H13N3O. The Morgan fingerprint density at radius 1 is 1.41 bits per heavy atom. The van der Waals surface area contributed by atoms with Crippen LogP contribution in [-0.2, 0) is 7.05 Å². The lowest BCUT2D eigenvalue weighted by molar-refractivity contribution is 0.360. The molecule has 0 spiro atoms. The van der Waals surface area contributed by atoms with Crippen LogP contribution in [0, 0.1) is 0 Å². The van der Waals surface area contributed by atoms with E-state index in [2.05, 4.69) is 5.10 Å². The Bertz CT molecular complexity index is 599. The molecule has 86 valence electrons. The molecule has 1 aliphatic rings. The van der Waals surface area contributed by atoms with E-state index < -0.39 is 0 Å². The molecule has 3 rings (SSSR count). The number of nitrogen functional groups attached to an aromatic ring is 1. The van der Waals surface area contributed by atoms with Gasteiger partial charge in [0.25, 0.3) is 0 Å². The van der Waals surface area contributed by atoms with Crippen molar-refractivity contribution in [2.45, 2.75) is 0 Å². The van der Waals surface area contributed by atoms with Crippen LogP contribution in [0.4, 0.5) is 5.69 Å². The zero-order valence-corrected chi connectivity index (χ0v) is 9.55. The van der Waals surface area contributed by atoms with Crippen molar-refractivity contribution in [2.24, 2.45) is 7.05 Å². The third-order valence-corrected chi connectivity index (χ3v) is 2.85. The van der Waals surface area contributed by atoms with E-state index >= 15 is 0 Å². The molecule has 1 aromatic heterocycles. The zero-order chi connectivity index (χ0) is 11.8. The molecule has 2 aromatic rings. The van der Waals surface area contributed by atoms with Gasteiger partial charge < -0.3 is 10.5 Å². The molecule has 1 aliphatic heterocycles. The van der Waals surface area contributed by atoms with Gasteiger partial charge in [-0.05, 0) is 24.3 Å². The maximum absolute atomic E-state index is 5.94. The van der Waals surface area contributed by atoms with Gasteiger partial charge in [-0.15, -0.1) is 0 Å². The molecule has 17 heavy (non-hydrogen) atoms. The van der Waals surface area contributed by atoms with Gasteiger partial charge in [0.2, 0.25) is 0 Å². The number of aryl methyl sites for hydroxylation is 1. The summed E-state index contributed by atoms with van der Waals surface area (Å²) in [4.78, 5) is 0. The first-order valence-corrected chi connectivity index (χ1v) is 5.46. The van der Waals surface area contributed by atoms with E-state index in [0.29, 0.717) is 6.61 Å². The van der Waals surface area contributed by atoms with Crippen molar-refractivity contribution in [3.63, 3.8) is 0 Å². The van der Waals surface area contributed by atoms with Crippen molar-refractivity contribution in [3.8, 4) is 16.9 Å². The Labute approximate surface area is 99.3 Å². The second kappa shape index (κ2) is 3.66. The van der Waals surface area contributed by atoms with Crippen molar-refractivity contribution in [1.29, 1.82) is 0 Å². The van der Waals surface area contributed by atoms with Crippen molar-refractivity contribution >= 4 is 11.8 Å². The van der Waals surface area contributed by atoms with Gasteiger partial charge in [-0.25, -0.2) is 0 Å². The predicted octanol–water partition coefficient (Wildman–Crippen LogP) is 2.07. The van der Waals surface area contributed by atoms with Crippen LogP contribution in [0.2, 0.25) is 0 Å². The highest BCUT2D eigenvalue weighted by molar-refractivity contribution is 5.82. The van der Waals surface area contributed by atoms with Crippen LogP contribution in [0.5, 0.6) is 5.75 Å². The molecule has 4 heteroatoms. The fourth-order valence-corrected chi connectivity index (χ4v) is 2.03. The molecule has 0 aliphatic carbocycles. The normalized spacial score (nSPS) is 13.2. The van der Waals surface area contributed by atoms with Crippen LogP contribution in [0.1, 0.15) is 5.56 Å². The van der Waals surface area contributed by atoms with Crippen molar-refractivity contribution in [1.82, 2.24) is 9.78 Å². The van der Waals surface area contributed by atoms with Crippen LogP contribution in [0.15, 0.2) is 30.6 Å². The van der Waals surface area contributed by atoms with E-state index in [4.69, 9.17) is 10.5 Å². The Hall–Kier alpha value is -2.23. The highest BCUT2D eigenvalue weighted by Crippen LogP contribution is 2.38. The summed E-state index contributed by atoms with van der Waals surface area (Å²) in [6.07, 6.45) is 7.76. The van der Waals surface area contributed by atoms with E-state index in [1.54, 1.807) is 4.68 Å². The largest absolute Gasteiger partial charge is 0.488 e. The Morgan fingerprint density at radius 2 is 2.29 bits per heavy atom. The molecule has 0 amide bonds. The van der Waals surface area contributed by atoms with Crippen molar-refractivity contribution < 1.29 is 4.74 Å². The number of benzene rings is 1. The molecule has 4 nitrogen and oxygen atoms in total. The number of ether oxygens (including phenoxy) is 1. The number of anilines is 1. The summed E-state index contributed by atoms with van der Waals surface area (Å²) in [5.74, 6) is 0.848. The van der Waals surface area contributed by atoms with Crippen LogP contribution in [0.25, 0.3) is 17.2 Å². The minimum Gasteiger partial charge on any atom is -0.488 e. The Balaban J connectivity index is 2.21. The molecule has 0 saturated carbocycles. The fourth-order valence-electron chi connectivity index (χ4n) is 2.03. The molecule has 0 radical (unpaired) electrons. The SMILES string of the molecule is Cn1cc(-c2ccc(N)c3c2OCC=C3)cn1. The predicted molar refractivity (Wildman–Crippen MR) is 67.6 cm³/mol. The molecule has 0 saturated heterocycles. The second-order valence-electron chi connectivity index (χ2n) is 4.06. The monoisotopic (exact) mass is 227 g/mol. The second-order valence-corrected chi connectivity index (χ2v) is 4.06. The number of fused-ring (bicyclic) bond motifs is 1. The standard InChI is InChI=1S/C13H13N3O/c1-16-8-9(7-15-16)10-4-5-12(14)11-3-2-6-17-13(10)11/h2-5,7-8H,6,14H2,1H3. The van der Waals surface area contributed by atoms with Crippen molar-refractivity contribution in [2.75, 3.05) is 12.3 Å². The summed E-state index contributed by atoms with van der Waals surface area (Å²) in [6, 6.07) is 3.88. The summed E-state index contributed by atoms with van der Waals surface area (Å²) >= 11 is 0. The first-order valence-electron chi connectivity index (χ1n) is 5.46. The molecule has 0 fully saturated rings. The maximum atomic E-state index is 5.94. The summed E-state index contributed by atoms with van der Waals surface area (Å²) in [5, 5.41) is 4.18. The third-order valence-electron chi connectivity index (χ3n) is 2.85. The van der Waals surface area contributed by atoms with Gasteiger partial charge in [-0.2, -0.15) is 5.10 Å². The molecule has 2 N–H and O–H groups in total. The van der Waals surface area contributed by atoms with Crippen LogP contribution >= 0.6 is 0 Å². The number of nitrogens with two attached hydrogens (primary N) is 1. The minimum absolute atomic E-state index is 0.587. The van der Waals surface area contributed by atoms with Gasteiger partial charge in [0.1, 0.15) is 12.4 Å². The van der Waals surface area contributed by atoms with E-state index in [-0.39, 0.29) is 0 Å². The topological polar surface area (TPSA) is 53.1 Å². The van der Waals surface area contributed by atoms with Gasteiger partial charge in [0.05, 0.1) is 6.20 Å². The van der Waals surface area contributed by atoms with Gasteiger partial charge in [-0.3, -0.25) is 4.68 Å². The average molecular weight is 227 g/mol. The van der Waals surface area contributed by atoms with Crippen molar-refractivity contribution in [3.05, 3.63) is 36.2 Å². The van der Waals surface area contributed by atoms with Gasteiger partial charge in [0, 0.05) is 35.6 Å². The molecular weight excluding hydrogens is 214 g/mol. The molecule has 0 unspecified atom stereocenters. The summed E-state index contributed by atoms with van der Waals surface area (Å²) < 4.78 is 7.47.